The van der Waals surface area contributed by atoms with Crippen molar-refractivity contribution in [1.29, 1.82) is 0 Å². The van der Waals surface area contributed by atoms with E-state index in [1.807, 2.05) is 13.0 Å². The molecule has 0 saturated carbocycles. The number of aryl methyl sites for hydroxylation is 1. The van der Waals surface area contributed by atoms with Crippen molar-refractivity contribution in [3.05, 3.63) is 59.4 Å². The van der Waals surface area contributed by atoms with Gasteiger partial charge in [-0.15, -0.1) is 0 Å². The van der Waals surface area contributed by atoms with Crippen molar-refractivity contribution in [3.8, 4) is 5.75 Å². The van der Waals surface area contributed by atoms with E-state index in [-0.39, 0.29) is 11.7 Å². The van der Waals surface area contributed by atoms with E-state index in [0.717, 1.165) is 11.1 Å². The summed E-state index contributed by atoms with van der Waals surface area (Å²) in [6.07, 6.45) is 3.23. The number of benzene rings is 1. The van der Waals surface area contributed by atoms with Crippen LogP contribution < -0.4 is 5.32 Å². The Labute approximate surface area is 105 Å². The van der Waals surface area contributed by atoms with Gasteiger partial charge in [0.2, 0.25) is 0 Å². The number of nitrogens with zero attached hydrogens (tertiary/aromatic N) is 1. The maximum Gasteiger partial charge on any atom is 0.253 e. The van der Waals surface area contributed by atoms with Crippen LogP contribution in [0.4, 0.5) is 0 Å². The van der Waals surface area contributed by atoms with Crippen LogP contribution in [0.25, 0.3) is 0 Å². The molecule has 1 aromatic carbocycles. The van der Waals surface area contributed by atoms with Crippen molar-refractivity contribution < 1.29 is 9.90 Å². The zero-order valence-electron chi connectivity index (χ0n) is 10.1. The first-order chi connectivity index (χ1) is 8.65. The summed E-state index contributed by atoms with van der Waals surface area (Å²) in [5, 5.41) is 12.1. The second-order valence-electron chi connectivity index (χ2n) is 4.10. The van der Waals surface area contributed by atoms with Crippen LogP contribution in [-0.2, 0) is 6.54 Å². The molecule has 92 valence electrons. The number of hydrogen-bond acceptors (Lipinski definition) is 3. The quantitative estimate of drug-likeness (QED) is 0.865. The Morgan fingerprint density at radius 1 is 1.33 bits per heavy atom. The van der Waals surface area contributed by atoms with Crippen molar-refractivity contribution >= 4 is 5.91 Å². The first kappa shape index (κ1) is 12.1. The molecular weight excluding hydrogens is 228 g/mol. The van der Waals surface area contributed by atoms with E-state index in [1.165, 1.54) is 6.20 Å². The third kappa shape index (κ3) is 3.07. The molecule has 0 spiro atoms. The Morgan fingerprint density at radius 3 is 2.89 bits per heavy atom. The minimum absolute atomic E-state index is 0.172. The lowest BCUT2D eigenvalue weighted by molar-refractivity contribution is 0.0950. The van der Waals surface area contributed by atoms with Crippen LogP contribution in [0.5, 0.6) is 5.75 Å². The average Bonchev–Trinajstić information content (AvgIpc) is 2.36. The Morgan fingerprint density at radius 2 is 2.17 bits per heavy atom. The van der Waals surface area contributed by atoms with Gasteiger partial charge in [0, 0.05) is 18.9 Å². The molecule has 0 aliphatic rings. The number of nitrogens with one attached hydrogen (secondary N) is 1. The number of amides is 1. The van der Waals surface area contributed by atoms with Crippen LogP contribution in [0.2, 0.25) is 0 Å². The van der Waals surface area contributed by atoms with Gasteiger partial charge in [-0.1, -0.05) is 12.1 Å². The third-order valence-corrected chi connectivity index (χ3v) is 2.50. The molecule has 18 heavy (non-hydrogen) atoms. The van der Waals surface area contributed by atoms with E-state index in [9.17, 15) is 9.90 Å². The van der Waals surface area contributed by atoms with Gasteiger partial charge in [-0.3, -0.25) is 9.78 Å². The summed E-state index contributed by atoms with van der Waals surface area (Å²) in [7, 11) is 0. The van der Waals surface area contributed by atoms with Gasteiger partial charge in [-0.2, -0.15) is 0 Å². The maximum absolute atomic E-state index is 11.8. The van der Waals surface area contributed by atoms with Gasteiger partial charge in [0.15, 0.2) is 0 Å². The molecule has 0 bridgehead atoms. The summed E-state index contributed by atoms with van der Waals surface area (Å²) in [5.41, 5.74) is 2.33. The van der Waals surface area contributed by atoms with Crippen molar-refractivity contribution in [3.63, 3.8) is 0 Å². The summed E-state index contributed by atoms with van der Waals surface area (Å²) in [6.45, 7) is 2.26. The smallest absolute Gasteiger partial charge is 0.253 e. The number of hydrogen-bond donors (Lipinski definition) is 2. The molecule has 0 radical (unpaired) electrons. The molecule has 0 aliphatic carbocycles. The predicted molar refractivity (Wildman–Crippen MR) is 68.3 cm³/mol. The molecule has 2 rings (SSSR count). The molecule has 0 saturated heterocycles. The van der Waals surface area contributed by atoms with Gasteiger partial charge >= 0.3 is 0 Å². The second-order valence-corrected chi connectivity index (χ2v) is 4.10. The Hall–Kier alpha value is -2.36. The third-order valence-electron chi connectivity index (χ3n) is 2.50. The van der Waals surface area contributed by atoms with Gasteiger partial charge in [0.1, 0.15) is 5.75 Å². The highest BCUT2D eigenvalue weighted by Gasteiger charge is 2.05. The average molecular weight is 242 g/mol. The van der Waals surface area contributed by atoms with E-state index < -0.39 is 0 Å². The highest BCUT2D eigenvalue weighted by atomic mass is 16.3. The molecule has 1 amide bonds. The van der Waals surface area contributed by atoms with Gasteiger partial charge in [0.25, 0.3) is 5.91 Å². The van der Waals surface area contributed by atoms with Crippen LogP contribution in [0, 0.1) is 6.92 Å². The lowest BCUT2D eigenvalue weighted by atomic mass is 10.2. The Kier molecular flexibility index (Phi) is 3.57. The monoisotopic (exact) mass is 242 g/mol. The van der Waals surface area contributed by atoms with Crippen LogP contribution in [-0.4, -0.2) is 16.0 Å². The first-order valence-electron chi connectivity index (χ1n) is 5.63. The molecule has 2 aromatic rings. The molecule has 4 nitrogen and oxygen atoms in total. The standard InChI is InChI=1S/C14H14N2O2/c1-10-5-12(9-15-7-10)14(18)16-8-11-3-2-4-13(17)6-11/h2-7,9,17H,8H2,1H3,(H,16,18). The molecule has 0 unspecified atom stereocenters. The zero-order valence-corrected chi connectivity index (χ0v) is 10.1. The summed E-state index contributed by atoms with van der Waals surface area (Å²) in [4.78, 5) is 15.8. The highest BCUT2D eigenvalue weighted by molar-refractivity contribution is 5.93. The molecular formula is C14H14N2O2. The van der Waals surface area contributed by atoms with E-state index >= 15 is 0 Å². The first-order valence-corrected chi connectivity index (χ1v) is 5.63. The molecule has 4 heteroatoms. The largest absolute Gasteiger partial charge is 0.508 e. The number of carbonyl (C=O) groups is 1. The number of rotatable bonds is 3. The lowest BCUT2D eigenvalue weighted by Crippen LogP contribution is -2.22. The fourth-order valence-electron chi connectivity index (χ4n) is 1.63. The molecule has 0 fully saturated rings. The zero-order chi connectivity index (χ0) is 13.0. The Bertz CT molecular complexity index is 567. The highest BCUT2D eigenvalue weighted by Crippen LogP contribution is 2.10. The lowest BCUT2D eigenvalue weighted by Gasteiger charge is -2.06. The van der Waals surface area contributed by atoms with E-state index in [1.54, 1.807) is 30.5 Å². The fraction of sp³-hybridized carbons (Fsp3) is 0.143. The van der Waals surface area contributed by atoms with Gasteiger partial charge in [-0.05, 0) is 36.2 Å². The molecule has 2 N–H and O–H groups in total. The van der Waals surface area contributed by atoms with Crippen molar-refractivity contribution in [2.24, 2.45) is 0 Å². The predicted octanol–water partition coefficient (Wildman–Crippen LogP) is 2.03. The van der Waals surface area contributed by atoms with E-state index in [2.05, 4.69) is 10.3 Å². The minimum Gasteiger partial charge on any atom is -0.508 e. The number of aromatic nitrogens is 1. The normalized spacial score (nSPS) is 10.1. The summed E-state index contributed by atoms with van der Waals surface area (Å²) >= 11 is 0. The van der Waals surface area contributed by atoms with E-state index in [0.29, 0.717) is 12.1 Å². The fourth-order valence-corrected chi connectivity index (χ4v) is 1.63. The van der Waals surface area contributed by atoms with Crippen molar-refractivity contribution in [1.82, 2.24) is 10.3 Å². The summed E-state index contributed by atoms with van der Waals surface area (Å²) in [6, 6.07) is 8.58. The number of phenols is 1. The number of aromatic hydroxyl groups is 1. The SMILES string of the molecule is Cc1cncc(C(=O)NCc2cccc(O)c2)c1. The number of pyridine rings is 1. The van der Waals surface area contributed by atoms with Crippen LogP contribution in [0.3, 0.4) is 0 Å². The van der Waals surface area contributed by atoms with E-state index in [4.69, 9.17) is 0 Å². The van der Waals surface area contributed by atoms with Crippen LogP contribution >= 0.6 is 0 Å². The summed E-state index contributed by atoms with van der Waals surface area (Å²) < 4.78 is 0. The molecule has 1 aromatic heterocycles. The Balaban J connectivity index is 2.00. The van der Waals surface area contributed by atoms with Crippen molar-refractivity contribution in [2.45, 2.75) is 13.5 Å². The number of phenolic OH excluding ortho intramolecular Hbond substituents is 1. The summed E-state index contributed by atoms with van der Waals surface area (Å²) in [5.74, 6) is 0.0218. The van der Waals surface area contributed by atoms with Crippen molar-refractivity contribution in [2.75, 3.05) is 0 Å². The van der Waals surface area contributed by atoms with Crippen LogP contribution in [0.15, 0.2) is 42.7 Å². The topological polar surface area (TPSA) is 62.2 Å². The molecule has 1 heterocycles. The van der Waals surface area contributed by atoms with Gasteiger partial charge in [0.05, 0.1) is 5.56 Å². The van der Waals surface area contributed by atoms with Gasteiger partial charge in [-0.25, -0.2) is 0 Å². The van der Waals surface area contributed by atoms with Gasteiger partial charge < -0.3 is 10.4 Å². The number of carbonyl (C=O) groups excluding carboxylic acids is 1. The van der Waals surface area contributed by atoms with Crippen LogP contribution in [0.1, 0.15) is 21.5 Å². The maximum atomic E-state index is 11.8. The molecule has 0 atom stereocenters. The second kappa shape index (κ2) is 5.31. The minimum atomic E-state index is -0.172. The molecule has 0 aliphatic heterocycles.